The number of hydrogen-bond acceptors (Lipinski definition) is 5. The highest BCUT2D eigenvalue weighted by atomic mass is 19.1. The van der Waals surface area contributed by atoms with Crippen LogP contribution in [-0.4, -0.2) is 49.6 Å². The highest BCUT2D eigenvalue weighted by molar-refractivity contribution is 5.88. The molecule has 9 nitrogen and oxygen atoms in total. The van der Waals surface area contributed by atoms with Crippen molar-refractivity contribution in [2.75, 3.05) is 6.54 Å². The maximum absolute atomic E-state index is 14.8. The predicted molar refractivity (Wildman–Crippen MR) is 143 cm³/mol. The average Bonchev–Trinajstić information content (AvgIpc) is 3.70. The highest BCUT2D eigenvalue weighted by Gasteiger charge is 2.41. The molecule has 1 aliphatic heterocycles. The fraction of sp³-hybridized carbons (Fsp3) is 0.414. The smallest absolute Gasteiger partial charge is 0.331 e. The van der Waals surface area contributed by atoms with E-state index in [4.69, 9.17) is 0 Å². The van der Waals surface area contributed by atoms with Gasteiger partial charge in [0.15, 0.2) is 0 Å². The van der Waals surface area contributed by atoms with E-state index in [1.807, 2.05) is 6.07 Å². The van der Waals surface area contributed by atoms with Gasteiger partial charge in [0.05, 0.1) is 18.3 Å². The molecule has 11 heteroatoms. The van der Waals surface area contributed by atoms with Crippen molar-refractivity contribution in [3.63, 3.8) is 0 Å². The van der Waals surface area contributed by atoms with Crippen LogP contribution >= 0.6 is 0 Å². The van der Waals surface area contributed by atoms with E-state index < -0.39 is 53.8 Å². The van der Waals surface area contributed by atoms with Gasteiger partial charge in [-0.2, -0.15) is 4.39 Å². The van der Waals surface area contributed by atoms with Crippen LogP contribution < -0.4 is 16.6 Å². The Morgan fingerprint density at radius 1 is 1.12 bits per heavy atom. The minimum atomic E-state index is -1.44. The lowest BCUT2D eigenvalue weighted by atomic mass is 10.0. The fourth-order valence-electron chi connectivity index (χ4n) is 5.27. The molecule has 3 atom stereocenters. The molecule has 0 unspecified atom stereocenters. The molecule has 0 bridgehead atoms. The van der Waals surface area contributed by atoms with Gasteiger partial charge >= 0.3 is 5.69 Å². The summed E-state index contributed by atoms with van der Waals surface area (Å²) in [6, 6.07) is 10.3. The third kappa shape index (κ3) is 5.45. The van der Waals surface area contributed by atoms with Gasteiger partial charge in [0.2, 0.25) is 17.8 Å². The number of amides is 2. The maximum Gasteiger partial charge on any atom is 0.331 e. The van der Waals surface area contributed by atoms with Gasteiger partial charge in [-0.05, 0) is 44.2 Å². The predicted octanol–water partition coefficient (Wildman–Crippen LogP) is 2.59. The van der Waals surface area contributed by atoms with Crippen LogP contribution in [0.15, 0.2) is 58.3 Å². The quantitative estimate of drug-likeness (QED) is 0.434. The lowest BCUT2D eigenvalue weighted by Gasteiger charge is -2.27. The van der Waals surface area contributed by atoms with E-state index in [1.165, 1.54) is 13.1 Å². The first kappa shape index (κ1) is 27.4. The summed E-state index contributed by atoms with van der Waals surface area (Å²) in [5.41, 5.74) is 0.674. The number of nitrogens with zero attached hydrogens (tertiary/aromatic N) is 4. The van der Waals surface area contributed by atoms with Gasteiger partial charge in [-0.25, -0.2) is 14.2 Å². The number of aromatic nitrogens is 3. The summed E-state index contributed by atoms with van der Waals surface area (Å²) in [6.45, 7) is 2.56. The molecule has 1 saturated heterocycles. The minimum Gasteiger partial charge on any atom is -0.342 e. The standard InChI is InChI=1S/C29H31F2N5O4/c1-3-35-28(39)17(2)14-34(29(35)40)16-24(37)36-15-20(30)13-23(36)27(38)33-25(19-7-5-4-6-8-19)22-12-11-21(18-9-10-18)26(31)32-22/h4-8,11-12,14,18,20,23,25H,3,9-10,13,15-16H2,1-2H3,(H,33,38)/t20-,23+,25+/m1/s1. The topological polar surface area (TPSA) is 106 Å². The number of benzene rings is 1. The summed E-state index contributed by atoms with van der Waals surface area (Å²) in [6.07, 6.45) is 1.47. The van der Waals surface area contributed by atoms with Crippen molar-refractivity contribution in [2.45, 2.75) is 70.4 Å². The molecule has 2 aliphatic rings. The summed E-state index contributed by atoms with van der Waals surface area (Å²) in [5, 5.41) is 2.86. The number of likely N-dealkylation sites (tertiary alicyclic amines) is 1. The van der Waals surface area contributed by atoms with Crippen LogP contribution in [0.3, 0.4) is 0 Å². The van der Waals surface area contributed by atoms with E-state index in [9.17, 15) is 28.0 Å². The van der Waals surface area contributed by atoms with E-state index >= 15 is 0 Å². The second kappa shape index (κ2) is 11.1. The van der Waals surface area contributed by atoms with E-state index in [0.717, 1.165) is 26.9 Å². The van der Waals surface area contributed by atoms with Crippen molar-refractivity contribution in [2.24, 2.45) is 0 Å². The molecule has 210 valence electrons. The lowest BCUT2D eigenvalue weighted by Crippen LogP contribution is -2.49. The Morgan fingerprint density at radius 3 is 2.50 bits per heavy atom. The summed E-state index contributed by atoms with van der Waals surface area (Å²) < 4.78 is 31.6. The third-order valence-electron chi connectivity index (χ3n) is 7.54. The van der Waals surface area contributed by atoms with E-state index in [-0.39, 0.29) is 36.7 Å². The van der Waals surface area contributed by atoms with Gasteiger partial charge in [-0.15, -0.1) is 0 Å². The number of rotatable bonds is 8. The largest absolute Gasteiger partial charge is 0.342 e. The summed E-state index contributed by atoms with van der Waals surface area (Å²) in [4.78, 5) is 57.0. The molecule has 1 aromatic carbocycles. The van der Waals surface area contributed by atoms with Crippen LogP contribution in [0.5, 0.6) is 0 Å². The van der Waals surface area contributed by atoms with E-state index in [1.54, 1.807) is 43.3 Å². The number of nitrogens with one attached hydrogen (secondary N) is 1. The molecule has 1 saturated carbocycles. The van der Waals surface area contributed by atoms with Gasteiger partial charge in [-0.3, -0.25) is 23.5 Å². The number of alkyl halides is 1. The molecule has 2 amide bonds. The minimum absolute atomic E-state index is 0.131. The second-order valence-electron chi connectivity index (χ2n) is 10.4. The lowest BCUT2D eigenvalue weighted by molar-refractivity contribution is -0.139. The number of pyridine rings is 1. The molecule has 0 radical (unpaired) electrons. The zero-order valence-electron chi connectivity index (χ0n) is 22.3. The molecule has 2 fully saturated rings. The third-order valence-corrected chi connectivity index (χ3v) is 7.54. The maximum atomic E-state index is 14.8. The number of carbonyl (C=O) groups excluding carboxylic acids is 2. The molecule has 5 rings (SSSR count). The first-order chi connectivity index (χ1) is 19.2. The molecule has 3 aromatic rings. The van der Waals surface area contributed by atoms with Crippen LogP contribution in [0.4, 0.5) is 8.78 Å². The monoisotopic (exact) mass is 551 g/mol. The Morgan fingerprint density at radius 2 is 1.85 bits per heavy atom. The molecule has 2 aromatic heterocycles. The molecular weight excluding hydrogens is 520 g/mol. The SMILES string of the molecule is CCn1c(=O)c(C)cn(CC(=O)N2C[C@H](F)C[C@H]2C(=O)N[C@@H](c2ccccc2)c2ccc(C3CC3)c(F)n2)c1=O. The summed E-state index contributed by atoms with van der Waals surface area (Å²) in [5.74, 6) is -1.65. The van der Waals surface area contributed by atoms with Crippen molar-refractivity contribution in [3.05, 3.63) is 97.8 Å². The van der Waals surface area contributed by atoms with Crippen LogP contribution in [0.25, 0.3) is 0 Å². The van der Waals surface area contributed by atoms with Crippen LogP contribution in [0.2, 0.25) is 0 Å². The van der Waals surface area contributed by atoms with Crippen molar-refractivity contribution >= 4 is 11.8 Å². The average molecular weight is 552 g/mol. The summed E-state index contributed by atoms with van der Waals surface area (Å²) >= 11 is 0. The van der Waals surface area contributed by atoms with Crippen molar-refractivity contribution in [1.29, 1.82) is 0 Å². The Hall–Kier alpha value is -4.15. The van der Waals surface area contributed by atoms with Gasteiger partial charge < -0.3 is 10.2 Å². The Kier molecular flexibility index (Phi) is 7.64. The number of aryl methyl sites for hydroxylation is 1. The molecule has 3 heterocycles. The van der Waals surface area contributed by atoms with E-state index in [2.05, 4.69) is 10.3 Å². The van der Waals surface area contributed by atoms with Gasteiger partial charge in [0, 0.05) is 30.3 Å². The zero-order valence-corrected chi connectivity index (χ0v) is 22.3. The van der Waals surface area contributed by atoms with E-state index in [0.29, 0.717) is 11.1 Å². The molecule has 1 aliphatic carbocycles. The number of hydrogen-bond donors (Lipinski definition) is 1. The normalized spacial score (nSPS) is 19.4. The molecular formula is C29H31F2N5O4. The van der Waals surface area contributed by atoms with Crippen molar-refractivity contribution in [3.8, 4) is 0 Å². The molecule has 1 N–H and O–H groups in total. The van der Waals surface area contributed by atoms with Gasteiger partial charge in [0.25, 0.3) is 5.56 Å². The zero-order chi connectivity index (χ0) is 28.6. The first-order valence-electron chi connectivity index (χ1n) is 13.4. The first-order valence-corrected chi connectivity index (χ1v) is 13.4. The van der Waals surface area contributed by atoms with Gasteiger partial charge in [-0.1, -0.05) is 36.4 Å². The Bertz CT molecular complexity index is 1550. The van der Waals surface area contributed by atoms with Gasteiger partial charge in [0.1, 0.15) is 18.8 Å². The van der Waals surface area contributed by atoms with Crippen molar-refractivity contribution < 1.29 is 18.4 Å². The number of carbonyl (C=O) groups is 2. The van der Waals surface area contributed by atoms with Crippen molar-refractivity contribution in [1.82, 2.24) is 24.3 Å². The Balaban J connectivity index is 1.40. The van der Waals surface area contributed by atoms with Crippen LogP contribution in [-0.2, 0) is 22.7 Å². The van der Waals surface area contributed by atoms with Crippen LogP contribution in [0, 0.1) is 12.9 Å². The second-order valence-corrected chi connectivity index (χ2v) is 10.4. The summed E-state index contributed by atoms with van der Waals surface area (Å²) in [7, 11) is 0. The highest BCUT2D eigenvalue weighted by Crippen LogP contribution is 2.41. The number of halogens is 2. The molecule has 0 spiro atoms. The fourth-order valence-corrected chi connectivity index (χ4v) is 5.27. The molecule has 40 heavy (non-hydrogen) atoms. The Labute approximate surface area is 229 Å². The van der Waals surface area contributed by atoms with Crippen LogP contribution in [0.1, 0.15) is 60.5 Å².